The number of halogens is 1. The van der Waals surface area contributed by atoms with Crippen molar-refractivity contribution in [1.82, 2.24) is 9.97 Å². The van der Waals surface area contributed by atoms with Crippen molar-refractivity contribution in [1.29, 1.82) is 0 Å². The van der Waals surface area contributed by atoms with Crippen molar-refractivity contribution in [3.63, 3.8) is 0 Å². The van der Waals surface area contributed by atoms with Gasteiger partial charge in [0, 0.05) is 0 Å². The molecule has 0 bridgehead atoms. The van der Waals surface area contributed by atoms with E-state index in [1.165, 1.54) is 24.5 Å². The van der Waals surface area contributed by atoms with Crippen molar-refractivity contribution in [3.8, 4) is 11.8 Å². The maximum Gasteiger partial charge on any atom is 0.322 e. The van der Waals surface area contributed by atoms with Gasteiger partial charge in [-0.15, -0.1) is 0 Å². The molecule has 0 aliphatic heterocycles. The van der Waals surface area contributed by atoms with Crippen LogP contribution in [0.25, 0.3) is 0 Å². The summed E-state index contributed by atoms with van der Waals surface area (Å²) in [6.07, 6.45) is 2.65. The first-order chi connectivity index (χ1) is 8.58. The van der Waals surface area contributed by atoms with Crippen molar-refractivity contribution in [3.05, 3.63) is 42.0 Å². The van der Waals surface area contributed by atoms with Gasteiger partial charge in [0.1, 0.15) is 17.1 Å². The van der Waals surface area contributed by atoms with Crippen LogP contribution in [0.2, 0.25) is 0 Å². The molecule has 0 unspecified atom stereocenters. The number of rotatable bonds is 3. The predicted molar refractivity (Wildman–Crippen MR) is 61.4 cm³/mol. The van der Waals surface area contributed by atoms with Crippen LogP contribution in [0.1, 0.15) is 10.4 Å². The number of hydrogen-bond donors (Lipinski definition) is 2. The van der Waals surface area contributed by atoms with Crippen molar-refractivity contribution in [2.24, 2.45) is 5.73 Å². The molecule has 1 amide bonds. The minimum absolute atomic E-state index is 0.0488. The van der Waals surface area contributed by atoms with Crippen LogP contribution in [0.15, 0.2) is 30.6 Å². The van der Waals surface area contributed by atoms with E-state index in [4.69, 9.17) is 16.2 Å². The number of nitrogens with two attached hydrogens (primary N) is 2. The van der Waals surface area contributed by atoms with Crippen molar-refractivity contribution < 1.29 is 13.9 Å². The number of benzene rings is 1. The molecule has 0 atom stereocenters. The second kappa shape index (κ2) is 4.66. The Hall–Kier alpha value is -2.70. The summed E-state index contributed by atoms with van der Waals surface area (Å²) < 4.78 is 18.6. The molecule has 0 spiro atoms. The third kappa shape index (κ3) is 2.34. The Morgan fingerprint density at radius 1 is 1.28 bits per heavy atom. The largest absolute Gasteiger partial charge is 0.423 e. The van der Waals surface area contributed by atoms with Gasteiger partial charge >= 0.3 is 6.01 Å². The Balaban J connectivity index is 2.37. The first kappa shape index (κ1) is 11.8. The number of aromatic nitrogens is 2. The Kier molecular flexibility index (Phi) is 3.05. The first-order valence-electron chi connectivity index (χ1n) is 4.91. The summed E-state index contributed by atoms with van der Waals surface area (Å²) in [6.45, 7) is 0. The van der Waals surface area contributed by atoms with Crippen LogP contribution in [0, 0.1) is 5.82 Å². The minimum atomic E-state index is -0.932. The third-order valence-electron chi connectivity index (χ3n) is 2.07. The number of amides is 1. The standard InChI is InChI=1S/C11H9FN4O2/c12-7-2-1-3-8(9(7)10(14)17)18-11-15-4-6(13)5-16-11/h1-5H,13H2,(H2,14,17). The van der Waals surface area contributed by atoms with Crippen LogP contribution in [0.5, 0.6) is 11.8 Å². The van der Waals surface area contributed by atoms with E-state index in [2.05, 4.69) is 9.97 Å². The van der Waals surface area contributed by atoms with Gasteiger partial charge in [0.15, 0.2) is 0 Å². The number of hydrogen-bond acceptors (Lipinski definition) is 5. The van der Waals surface area contributed by atoms with Crippen molar-refractivity contribution >= 4 is 11.6 Å². The molecule has 4 N–H and O–H groups in total. The van der Waals surface area contributed by atoms with Crippen molar-refractivity contribution in [2.45, 2.75) is 0 Å². The quantitative estimate of drug-likeness (QED) is 0.845. The molecule has 0 saturated carbocycles. The fourth-order valence-corrected chi connectivity index (χ4v) is 1.31. The van der Waals surface area contributed by atoms with Crippen LogP contribution in [-0.4, -0.2) is 15.9 Å². The summed E-state index contributed by atoms with van der Waals surface area (Å²) in [7, 11) is 0. The lowest BCUT2D eigenvalue weighted by atomic mass is 10.2. The second-order valence-corrected chi connectivity index (χ2v) is 3.38. The molecule has 0 aliphatic rings. The summed E-state index contributed by atoms with van der Waals surface area (Å²) in [5.41, 5.74) is 10.5. The predicted octanol–water partition coefficient (Wildman–Crippen LogP) is 1.09. The zero-order chi connectivity index (χ0) is 13.1. The lowest BCUT2D eigenvalue weighted by molar-refractivity contribution is 0.0994. The number of carbonyl (C=O) groups is 1. The fraction of sp³-hybridized carbons (Fsp3) is 0. The van der Waals surface area contributed by atoms with Gasteiger partial charge in [0.2, 0.25) is 0 Å². The highest BCUT2D eigenvalue weighted by atomic mass is 19.1. The number of primary amides is 1. The number of ether oxygens (including phenoxy) is 1. The zero-order valence-corrected chi connectivity index (χ0v) is 9.13. The molecule has 92 valence electrons. The van der Waals surface area contributed by atoms with E-state index < -0.39 is 11.7 Å². The van der Waals surface area contributed by atoms with Gasteiger partial charge in [-0.25, -0.2) is 14.4 Å². The van der Waals surface area contributed by atoms with Gasteiger partial charge in [0.25, 0.3) is 5.91 Å². The highest BCUT2D eigenvalue weighted by molar-refractivity contribution is 5.95. The molecule has 7 heteroatoms. The molecule has 6 nitrogen and oxygen atoms in total. The Bertz CT molecular complexity index is 586. The molecule has 1 aromatic carbocycles. The number of carbonyl (C=O) groups excluding carboxylic acids is 1. The average molecular weight is 248 g/mol. The molecule has 1 heterocycles. The smallest absolute Gasteiger partial charge is 0.322 e. The topological polar surface area (TPSA) is 104 Å². The Labute approximate surface area is 101 Å². The van der Waals surface area contributed by atoms with E-state index in [1.807, 2.05) is 0 Å². The lowest BCUT2D eigenvalue weighted by Gasteiger charge is -2.07. The number of anilines is 1. The van der Waals surface area contributed by atoms with E-state index >= 15 is 0 Å². The SMILES string of the molecule is NC(=O)c1c(F)cccc1Oc1ncc(N)cn1. The van der Waals surface area contributed by atoms with Crippen molar-refractivity contribution in [2.75, 3.05) is 5.73 Å². The molecule has 2 aromatic rings. The molecule has 1 aromatic heterocycles. The highest BCUT2D eigenvalue weighted by Crippen LogP contribution is 2.24. The van der Waals surface area contributed by atoms with E-state index in [1.54, 1.807) is 0 Å². The van der Waals surface area contributed by atoms with Crippen LogP contribution in [0.3, 0.4) is 0 Å². The van der Waals surface area contributed by atoms with E-state index in [0.717, 1.165) is 6.07 Å². The monoisotopic (exact) mass is 248 g/mol. The van der Waals surface area contributed by atoms with Gasteiger partial charge in [-0.2, -0.15) is 0 Å². The molecule has 0 fully saturated rings. The van der Waals surface area contributed by atoms with Gasteiger partial charge < -0.3 is 16.2 Å². The normalized spacial score (nSPS) is 10.1. The minimum Gasteiger partial charge on any atom is -0.423 e. The van der Waals surface area contributed by atoms with Gasteiger partial charge in [-0.05, 0) is 12.1 Å². The maximum absolute atomic E-state index is 13.4. The maximum atomic E-state index is 13.4. The lowest BCUT2D eigenvalue weighted by Crippen LogP contribution is -2.14. The molecular formula is C11H9FN4O2. The molecule has 18 heavy (non-hydrogen) atoms. The highest BCUT2D eigenvalue weighted by Gasteiger charge is 2.16. The van der Waals surface area contributed by atoms with Crippen LogP contribution < -0.4 is 16.2 Å². The van der Waals surface area contributed by atoms with E-state index in [-0.39, 0.29) is 17.3 Å². The first-order valence-corrected chi connectivity index (χ1v) is 4.91. The molecule has 0 radical (unpaired) electrons. The Morgan fingerprint density at radius 2 is 1.94 bits per heavy atom. The zero-order valence-electron chi connectivity index (χ0n) is 9.13. The van der Waals surface area contributed by atoms with Gasteiger partial charge in [-0.3, -0.25) is 4.79 Å². The van der Waals surface area contributed by atoms with E-state index in [0.29, 0.717) is 5.69 Å². The summed E-state index contributed by atoms with van der Waals surface area (Å²) in [6, 6.07) is 3.82. The average Bonchev–Trinajstić information content (AvgIpc) is 2.32. The molecular weight excluding hydrogens is 239 g/mol. The second-order valence-electron chi connectivity index (χ2n) is 3.38. The molecule has 0 aliphatic carbocycles. The summed E-state index contributed by atoms with van der Waals surface area (Å²) in [5, 5.41) is 0. The fourth-order valence-electron chi connectivity index (χ4n) is 1.31. The van der Waals surface area contributed by atoms with Gasteiger partial charge in [0.05, 0.1) is 18.1 Å². The number of nitrogen functional groups attached to an aromatic ring is 1. The summed E-state index contributed by atoms with van der Waals surface area (Å²) in [5.74, 6) is -1.75. The molecule has 2 rings (SSSR count). The third-order valence-corrected chi connectivity index (χ3v) is 2.07. The summed E-state index contributed by atoms with van der Waals surface area (Å²) in [4.78, 5) is 18.7. The van der Waals surface area contributed by atoms with Crippen LogP contribution in [0.4, 0.5) is 10.1 Å². The number of nitrogens with zero attached hydrogens (tertiary/aromatic N) is 2. The summed E-state index contributed by atoms with van der Waals surface area (Å²) >= 11 is 0. The van der Waals surface area contributed by atoms with E-state index in [9.17, 15) is 9.18 Å². The Morgan fingerprint density at radius 3 is 2.56 bits per heavy atom. The van der Waals surface area contributed by atoms with Gasteiger partial charge in [-0.1, -0.05) is 6.07 Å². The van der Waals surface area contributed by atoms with Crippen LogP contribution in [-0.2, 0) is 0 Å². The molecule has 0 saturated heterocycles. The van der Waals surface area contributed by atoms with Crippen LogP contribution >= 0.6 is 0 Å².